The topological polar surface area (TPSA) is 29.1 Å². The zero-order valence-electron chi connectivity index (χ0n) is 14.3. The number of hydrogen-bond donors (Lipinski definition) is 1. The Morgan fingerprint density at radius 3 is 2.38 bits per heavy atom. The van der Waals surface area contributed by atoms with Crippen molar-refractivity contribution >= 4 is 29.1 Å². The maximum absolute atomic E-state index is 12.4. The molecular formula is C20H23Cl2NO. The molecular weight excluding hydrogens is 341 g/mol. The monoisotopic (exact) mass is 363 g/mol. The molecule has 1 atom stereocenters. The van der Waals surface area contributed by atoms with Gasteiger partial charge in [0.15, 0.2) is 0 Å². The molecule has 0 aliphatic heterocycles. The van der Waals surface area contributed by atoms with Crippen LogP contribution in [-0.4, -0.2) is 5.91 Å². The maximum atomic E-state index is 12.4. The summed E-state index contributed by atoms with van der Waals surface area (Å²) in [5, 5.41) is 4.34. The van der Waals surface area contributed by atoms with E-state index in [1.165, 1.54) is 16.7 Å². The highest BCUT2D eigenvalue weighted by atomic mass is 35.5. The minimum atomic E-state index is 0.0119. The van der Waals surface area contributed by atoms with E-state index in [0.717, 1.165) is 12.0 Å². The minimum Gasteiger partial charge on any atom is -0.349 e. The van der Waals surface area contributed by atoms with Crippen LogP contribution in [0.15, 0.2) is 36.4 Å². The molecule has 1 amide bonds. The molecule has 2 aromatic carbocycles. The molecule has 2 nitrogen and oxygen atoms in total. The smallest absolute Gasteiger partial charge is 0.220 e. The number of hydrogen-bond acceptors (Lipinski definition) is 1. The van der Waals surface area contributed by atoms with Crippen molar-refractivity contribution in [3.63, 3.8) is 0 Å². The van der Waals surface area contributed by atoms with E-state index in [4.69, 9.17) is 23.2 Å². The lowest BCUT2D eigenvalue weighted by molar-refractivity contribution is -0.121. The van der Waals surface area contributed by atoms with E-state index in [1.807, 2.05) is 6.07 Å². The SMILES string of the molecule is CCC(NC(=O)CCc1c(Cl)cccc1Cl)c1ccc(C)cc1C. The van der Waals surface area contributed by atoms with Gasteiger partial charge in [0.25, 0.3) is 0 Å². The number of amides is 1. The van der Waals surface area contributed by atoms with E-state index in [2.05, 4.69) is 44.3 Å². The fraction of sp³-hybridized carbons (Fsp3) is 0.350. The second-order valence-electron chi connectivity index (χ2n) is 6.09. The Balaban J connectivity index is 2.02. The van der Waals surface area contributed by atoms with Crippen molar-refractivity contribution in [2.75, 3.05) is 0 Å². The summed E-state index contributed by atoms with van der Waals surface area (Å²) >= 11 is 12.3. The Labute approximate surface area is 154 Å². The average Bonchev–Trinajstić information content (AvgIpc) is 2.52. The van der Waals surface area contributed by atoms with Gasteiger partial charge in [0.1, 0.15) is 0 Å². The van der Waals surface area contributed by atoms with Crippen LogP contribution in [0.2, 0.25) is 10.0 Å². The molecule has 0 bridgehead atoms. The largest absolute Gasteiger partial charge is 0.349 e. The molecule has 2 rings (SSSR count). The second kappa shape index (κ2) is 8.55. The number of carbonyl (C=O) groups excluding carboxylic acids is 1. The standard InChI is InChI=1S/C20H23Cl2NO/c1-4-19(15-9-8-13(2)12-14(15)3)23-20(24)11-10-16-17(21)6-5-7-18(16)22/h5-9,12,19H,4,10-11H2,1-3H3,(H,23,24). The van der Waals surface area contributed by atoms with Crippen LogP contribution >= 0.6 is 23.2 Å². The summed E-state index contributed by atoms with van der Waals surface area (Å²) in [4.78, 5) is 12.4. The fourth-order valence-corrected chi connectivity index (χ4v) is 3.48. The quantitative estimate of drug-likeness (QED) is 0.688. The van der Waals surface area contributed by atoms with Gasteiger partial charge in [-0.25, -0.2) is 0 Å². The first-order valence-corrected chi connectivity index (χ1v) is 8.97. The highest BCUT2D eigenvalue weighted by Crippen LogP contribution is 2.26. The molecule has 0 aromatic heterocycles. The van der Waals surface area contributed by atoms with Crippen molar-refractivity contribution in [1.82, 2.24) is 5.32 Å². The Kier molecular flexibility index (Phi) is 6.70. The minimum absolute atomic E-state index is 0.0119. The van der Waals surface area contributed by atoms with E-state index in [0.29, 0.717) is 22.9 Å². The van der Waals surface area contributed by atoms with Crippen molar-refractivity contribution in [3.05, 3.63) is 68.7 Å². The molecule has 0 aliphatic carbocycles. The van der Waals surface area contributed by atoms with Crippen LogP contribution in [0.5, 0.6) is 0 Å². The van der Waals surface area contributed by atoms with Gasteiger partial charge in [-0.05, 0) is 55.5 Å². The van der Waals surface area contributed by atoms with Crippen molar-refractivity contribution in [2.24, 2.45) is 0 Å². The first kappa shape index (κ1) is 18.8. The molecule has 0 heterocycles. The Bertz CT molecular complexity index is 707. The van der Waals surface area contributed by atoms with E-state index in [9.17, 15) is 4.79 Å². The van der Waals surface area contributed by atoms with E-state index < -0.39 is 0 Å². The predicted molar refractivity (Wildman–Crippen MR) is 102 cm³/mol. The van der Waals surface area contributed by atoms with Gasteiger partial charge in [0.05, 0.1) is 6.04 Å². The van der Waals surface area contributed by atoms with Crippen LogP contribution in [0.1, 0.15) is 48.1 Å². The van der Waals surface area contributed by atoms with Crippen molar-refractivity contribution < 1.29 is 4.79 Å². The molecule has 1 unspecified atom stereocenters. The Morgan fingerprint density at radius 2 is 1.79 bits per heavy atom. The highest BCUT2D eigenvalue weighted by Gasteiger charge is 2.15. The lowest BCUT2D eigenvalue weighted by Crippen LogP contribution is -2.28. The number of benzene rings is 2. The predicted octanol–water partition coefficient (Wildman–Crippen LogP) is 5.81. The number of nitrogens with one attached hydrogen (secondary N) is 1. The van der Waals surface area contributed by atoms with Crippen molar-refractivity contribution in [3.8, 4) is 0 Å². The van der Waals surface area contributed by atoms with Crippen molar-refractivity contribution in [2.45, 2.75) is 46.1 Å². The first-order chi connectivity index (χ1) is 11.4. The van der Waals surface area contributed by atoms with Crippen LogP contribution in [0, 0.1) is 13.8 Å². The lowest BCUT2D eigenvalue weighted by Gasteiger charge is -2.20. The average molecular weight is 364 g/mol. The number of halogens is 2. The molecule has 0 saturated carbocycles. The van der Waals surface area contributed by atoms with Crippen molar-refractivity contribution in [1.29, 1.82) is 0 Å². The van der Waals surface area contributed by atoms with Gasteiger partial charge >= 0.3 is 0 Å². The van der Waals surface area contributed by atoms with E-state index >= 15 is 0 Å². The summed E-state index contributed by atoms with van der Waals surface area (Å²) in [7, 11) is 0. The molecule has 0 fully saturated rings. The number of rotatable bonds is 6. The molecule has 0 spiro atoms. The third-order valence-electron chi connectivity index (χ3n) is 4.21. The molecule has 0 radical (unpaired) electrons. The fourth-order valence-electron chi connectivity index (χ4n) is 2.89. The van der Waals surface area contributed by atoms with Gasteiger partial charge in [-0.15, -0.1) is 0 Å². The maximum Gasteiger partial charge on any atom is 0.220 e. The molecule has 0 saturated heterocycles. The molecule has 2 aromatic rings. The molecule has 24 heavy (non-hydrogen) atoms. The summed E-state index contributed by atoms with van der Waals surface area (Å²) in [5.74, 6) is 0.0119. The highest BCUT2D eigenvalue weighted by molar-refractivity contribution is 6.36. The summed E-state index contributed by atoms with van der Waals surface area (Å²) in [6.45, 7) is 6.24. The molecule has 0 aliphatic rings. The molecule has 4 heteroatoms. The van der Waals surface area contributed by atoms with Gasteiger partial charge in [-0.3, -0.25) is 4.79 Å². The van der Waals surface area contributed by atoms with Crippen LogP contribution in [0.4, 0.5) is 0 Å². The zero-order chi connectivity index (χ0) is 17.7. The summed E-state index contributed by atoms with van der Waals surface area (Å²) in [6.07, 6.45) is 1.75. The van der Waals surface area contributed by atoms with Gasteiger partial charge in [-0.1, -0.05) is 60.0 Å². The number of aryl methyl sites for hydroxylation is 2. The second-order valence-corrected chi connectivity index (χ2v) is 6.90. The summed E-state index contributed by atoms with van der Waals surface area (Å²) in [6, 6.07) is 11.8. The van der Waals surface area contributed by atoms with E-state index in [1.54, 1.807) is 12.1 Å². The van der Waals surface area contributed by atoms with Crippen LogP contribution in [-0.2, 0) is 11.2 Å². The van der Waals surface area contributed by atoms with Crippen LogP contribution in [0.3, 0.4) is 0 Å². The number of carbonyl (C=O) groups is 1. The normalized spacial score (nSPS) is 12.0. The van der Waals surface area contributed by atoms with Gasteiger partial charge in [-0.2, -0.15) is 0 Å². The zero-order valence-corrected chi connectivity index (χ0v) is 15.8. The van der Waals surface area contributed by atoms with E-state index in [-0.39, 0.29) is 11.9 Å². The summed E-state index contributed by atoms with van der Waals surface area (Å²) in [5.41, 5.74) is 4.44. The third-order valence-corrected chi connectivity index (χ3v) is 4.92. The first-order valence-electron chi connectivity index (χ1n) is 8.21. The summed E-state index contributed by atoms with van der Waals surface area (Å²) < 4.78 is 0. The van der Waals surface area contributed by atoms with Crippen LogP contribution < -0.4 is 5.32 Å². The van der Waals surface area contributed by atoms with Gasteiger partial charge in [0, 0.05) is 16.5 Å². The lowest BCUT2D eigenvalue weighted by atomic mass is 9.97. The molecule has 128 valence electrons. The van der Waals surface area contributed by atoms with Gasteiger partial charge < -0.3 is 5.32 Å². The Hall–Kier alpha value is -1.51. The van der Waals surface area contributed by atoms with Gasteiger partial charge in [0.2, 0.25) is 5.91 Å². The van der Waals surface area contributed by atoms with Crippen LogP contribution in [0.25, 0.3) is 0 Å². The molecule has 1 N–H and O–H groups in total. The Morgan fingerprint density at radius 1 is 1.12 bits per heavy atom. The third kappa shape index (κ3) is 4.75.